The van der Waals surface area contributed by atoms with Gasteiger partial charge in [0, 0.05) is 23.8 Å². The largest absolute Gasteiger partial charge is 0.352 e. The second kappa shape index (κ2) is 7.90. The molecule has 1 aromatic carbocycles. The molecule has 0 aliphatic carbocycles. The maximum Gasteiger partial charge on any atom is 0.116 e. The quantitative estimate of drug-likeness (QED) is 0.406. The second-order valence-corrected chi connectivity index (χ2v) is 10.3. The Bertz CT molecular complexity index is 877. The van der Waals surface area contributed by atoms with Crippen LogP contribution in [0.25, 0.3) is 11.4 Å². The van der Waals surface area contributed by atoms with Crippen LogP contribution < -0.4 is 0 Å². The molecule has 0 saturated heterocycles. The number of aromatic nitrogens is 3. The normalized spacial score (nSPS) is 12.7. The van der Waals surface area contributed by atoms with E-state index >= 15 is 0 Å². The summed E-state index contributed by atoms with van der Waals surface area (Å²) in [6.45, 7) is 14.7. The first-order chi connectivity index (χ1) is 13.1. The number of pyridine rings is 1. The molecule has 0 atom stereocenters. The van der Waals surface area contributed by atoms with Gasteiger partial charge in [0.2, 0.25) is 0 Å². The Kier molecular flexibility index (Phi) is 5.90. The Morgan fingerprint density at radius 3 is 2.11 bits per heavy atom. The third kappa shape index (κ3) is 4.78. The van der Waals surface area contributed by atoms with Crippen LogP contribution >= 0.6 is 12.6 Å². The zero-order valence-corrected chi connectivity index (χ0v) is 19.0. The van der Waals surface area contributed by atoms with Crippen LogP contribution in [0.2, 0.25) is 0 Å². The van der Waals surface area contributed by atoms with E-state index < -0.39 is 0 Å². The first-order valence-electron chi connectivity index (χ1n) is 10.2. The average Bonchev–Trinajstić information content (AvgIpc) is 3.05. The fourth-order valence-corrected chi connectivity index (χ4v) is 4.42. The molecule has 2 heterocycles. The lowest BCUT2D eigenvalue weighted by atomic mass is 9.79. The fourth-order valence-electron chi connectivity index (χ4n) is 3.62. The van der Waals surface area contributed by atoms with E-state index in [0.29, 0.717) is 0 Å². The number of hydrogen-bond donors (Lipinski definition) is 1. The van der Waals surface area contributed by atoms with Gasteiger partial charge in [0.05, 0.1) is 5.69 Å². The summed E-state index contributed by atoms with van der Waals surface area (Å²) in [6, 6.07) is 6.78. The van der Waals surface area contributed by atoms with Gasteiger partial charge in [-0.25, -0.2) is 9.97 Å². The minimum absolute atomic E-state index is 0.0962. The molecule has 0 radical (unpaired) electrons. The smallest absolute Gasteiger partial charge is 0.116 e. The zero-order valence-electron chi connectivity index (χ0n) is 18.1. The zero-order chi connectivity index (χ0) is 20.5. The average molecular weight is 396 g/mol. The molecule has 4 heteroatoms. The van der Waals surface area contributed by atoms with Gasteiger partial charge in [-0.2, -0.15) is 0 Å². The van der Waals surface area contributed by atoms with Crippen LogP contribution in [0, 0.1) is 0 Å². The SMILES string of the molecule is CC(C)(C)c1cc(CCCCn2ccc3ncnc-3c2)cc(C(C)(C)C)c1S. The van der Waals surface area contributed by atoms with Gasteiger partial charge in [-0.3, -0.25) is 0 Å². The molecule has 0 unspecified atom stereocenters. The van der Waals surface area contributed by atoms with Gasteiger partial charge < -0.3 is 4.57 Å². The predicted octanol–water partition coefficient (Wildman–Crippen LogP) is 6.29. The highest BCUT2D eigenvalue weighted by Gasteiger charge is 2.24. The van der Waals surface area contributed by atoms with Crippen molar-refractivity contribution in [3.8, 4) is 11.4 Å². The number of benzene rings is 1. The summed E-state index contributed by atoms with van der Waals surface area (Å²) in [5.41, 5.74) is 6.26. The van der Waals surface area contributed by atoms with E-state index in [9.17, 15) is 0 Å². The van der Waals surface area contributed by atoms with Crippen LogP contribution in [0.15, 0.2) is 41.8 Å². The monoisotopic (exact) mass is 395 g/mol. The van der Waals surface area contributed by atoms with Crippen LogP contribution in [-0.4, -0.2) is 14.5 Å². The summed E-state index contributed by atoms with van der Waals surface area (Å²) in [5, 5.41) is 0. The van der Waals surface area contributed by atoms with E-state index in [1.165, 1.54) is 16.7 Å². The first kappa shape index (κ1) is 20.9. The minimum atomic E-state index is 0.0962. The topological polar surface area (TPSA) is 30.7 Å². The lowest BCUT2D eigenvalue weighted by Gasteiger charge is -2.29. The summed E-state index contributed by atoms with van der Waals surface area (Å²) in [7, 11) is 0. The van der Waals surface area contributed by atoms with E-state index in [-0.39, 0.29) is 10.8 Å². The van der Waals surface area contributed by atoms with Crippen LogP contribution in [-0.2, 0) is 23.8 Å². The van der Waals surface area contributed by atoms with Gasteiger partial charge in [0.25, 0.3) is 0 Å². The van der Waals surface area contributed by atoms with Crippen molar-refractivity contribution >= 4 is 12.6 Å². The van der Waals surface area contributed by atoms with Crippen molar-refractivity contribution in [2.24, 2.45) is 0 Å². The molecular formula is C24H33N3S. The number of thiol groups is 1. The van der Waals surface area contributed by atoms with E-state index in [4.69, 9.17) is 12.6 Å². The number of fused-ring (bicyclic) bond motifs is 1. The molecule has 0 fully saturated rings. The van der Waals surface area contributed by atoms with E-state index in [1.54, 1.807) is 6.33 Å². The summed E-state index contributed by atoms with van der Waals surface area (Å²) in [6.07, 6.45) is 9.22. The van der Waals surface area contributed by atoms with Crippen molar-refractivity contribution in [1.82, 2.24) is 14.5 Å². The molecule has 2 aliphatic rings. The predicted molar refractivity (Wildman–Crippen MR) is 121 cm³/mol. The summed E-state index contributed by atoms with van der Waals surface area (Å²) < 4.78 is 2.22. The number of nitrogens with zero attached hydrogens (tertiary/aromatic N) is 3. The van der Waals surface area contributed by atoms with Crippen LogP contribution in [0.3, 0.4) is 0 Å². The fraction of sp³-hybridized carbons (Fsp3) is 0.500. The molecule has 2 aliphatic heterocycles. The van der Waals surface area contributed by atoms with Crippen molar-refractivity contribution in [3.63, 3.8) is 0 Å². The van der Waals surface area contributed by atoms with Gasteiger partial charge in [0.1, 0.15) is 12.0 Å². The molecule has 3 nitrogen and oxygen atoms in total. The molecule has 0 bridgehead atoms. The molecule has 0 spiro atoms. The maximum atomic E-state index is 4.91. The number of imidazole rings is 1. The van der Waals surface area contributed by atoms with Crippen LogP contribution in [0.4, 0.5) is 0 Å². The Labute approximate surface area is 175 Å². The molecule has 28 heavy (non-hydrogen) atoms. The highest BCUT2D eigenvalue weighted by molar-refractivity contribution is 7.80. The molecule has 0 saturated carbocycles. The van der Waals surface area contributed by atoms with Gasteiger partial charge in [-0.05, 0) is 52.8 Å². The molecule has 3 rings (SSSR count). The van der Waals surface area contributed by atoms with Crippen molar-refractivity contribution in [1.29, 1.82) is 0 Å². The number of unbranched alkanes of at least 4 members (excludes halogenated alkanes) is 1. The Hall–Kier alpha value is -1.81. The number of aryl methyl sites for hydroxylation is 2. The maximum absolute atomic E-state index is 4.91. The second-order valence-electron chi connectivity index (χ2n) is 9.82. The van der Waals surface area contributed by atoms with Crippen molar-refractivity contribution in [3.05, 3.63) is 53.6 Å². The van der Waals surface area contributed by atoms with E-state index in [2.05, 4.69) is 80.6 Å². The summed E-state index contributed by atoms with van der Waals surface area (Å²) in [4.78, 5) is 9.67. The highest BCUT2D eigenvalue weighted by atomic mass is 32.1. The Balaban J connectivity index is 1.70. The molecule has 0 amide bonds. The third-order valence-electron chi connectivity index (χ3n) is 5.29. The third-order valence-corrected chi connectivity index (χ3v) is 5.77. The molecule has 150 valence electrons. The van der Waals surface area contributed by atoms with E-state index in [0.717, 1.165) is 42.1 Å². The molecular weight excluding hydrogens is 362 g/mol. The first-order valence-corrected chi connectivity index (χ1v) is 10.6. The van der Waals surface area contributed by atoms with E-state index in [1.807, 2.05) is 6.07 Å². The lowest BCUT2D eigenvalue weighted by Crippen LogP contribution is -2.19. The highest BCUT2D eigenvalue weighted by Crippen LogP contribution is 2.37. The van der Waals surface area contributed by atoms with Gasteiger partial charge in [-0.1, -0.05) is 53.7 Å². The molecule has 0 aromatic heterocycles. The molecule has 0 N–H and O–H groups in total. The minimum Gasteiger partial charge on any atom is -0.352 e. The number of rotatable bonds is 5. The Morgan fingerprint density at radius 1 is 0.893 bits per heavy atom. The lowest BCUT2D eigenvalue weighted by molar-refractivity contribution is 0.543. The van der Waals surface area contributed by atoms with Crippen molar-refractivity contribution in [2.45, 2.75) is 83.1 Å². The Morgan fingerprint density at radius 2 is 1.50 bits per heavy atom. The standard InChI is InChI=1S/C24H33N3S/c1-23(2,3)18-13-17(14-19(22(18)28)24(4,5)6)9-7-8-11-27-12-10-20-21(15-27)26-16-25-20/h10,12-16,28H,7-9,11H2,1-6H3. The summed E-state index contributed by atoms with van der Waals surface area (Å²) in [5.74, 6) is 0. The number of hydrogen-bond acceptors (Lipinski definition) is 3. The van der Waals surface area contributed by atoms with Crippen molar-refractivity contribution in [2.75, 3.05) is 0 Å². The van der Waals surface area contributed by atoms with Crippen LogP contribution in [0.5, 0.6) is 0 Å². The van der Waals surface area contributed by atoms with Crippen LogP contribution in [0.1, 0.15) is 71.1 Å². The van der Waals surface area contributed by atoms with Gasteiger partial charge >= 0.3 is 0 Å². The summed E-state index contributed by atoms with van der Waals surface area (Å²) >= 11 is 4.91. The molecule has 1 aromatic rings. The van der Waals surface area contributed by atoms with Gasteiger partial charge in [-0.15, -0.1) is 12.6 Å². The van der Waals surface area contributed by atoms with Crippen molar-refractivity contribution < 1.29 is 0 Å². The van der Waals surface area contributed by atoms with Gasteiger partial charge in [0.15, 0.2) is 0 Å².